The lowest BCUT2D eigenvalue weighted by Gasteiger charge is -2.14. The van der Waals surface area contributed by atoms with E-state index in [1.807, 2.05) is 12.1 Å². The molecule has 0 saturated carbocycles. The fraction of sp³-hybridized carbons (Fsp3) is 0.444. The maximum atomic E-state index is 6.00. The Kier molecular flexibility index (Phi) is 9.79. The van der Waals surface area contributed by atoms with Gasteiger partial charge in [-0.1, -0.05) is 36.7 Å². The van der Waals surface area contributed by atoms with Crippen molar-refractivity contribution in [3.63, 3.8) is 0 Å². The van der Waals surface area contributed by atoms with Crippen molar-refractivity contribution in [2.24, 2.45) is 4.99 Å². The molecule has 2 aromatic rings. The first-order valence-electron chi connectivity index (χ1n) is 8.36. The molecular weight excluding hydrogens is 467 g/mol. The highest BCUT2D eigenvalue weighted by Gasteiger charge is 2.13. The lowest BCUT2D eigenvalue weighted by molar-refractivity contribution is 0.380. The second-order valence-electron chi connectivity index (χ2n) is 5.47. The number of rotatable bonds is 7. The third-order valence-electron chi connectivity index (χ3n) is 3.96. The van der Waals surface area contributed by atoms with E-state index in [9.17, 15) is 0 Å². The molecule has 0 aliphatic heterocycles. The number of nitrogens with one attached hydrogen (secondary N) is 2. The van der Waals surface area contributed by atoms with E-state index in [1.54, 1.807) is 20.2 Å². The normalized spacial score (nSPS) is 11.0. The van der Waals surface area contributed by atoms with Crippen molar-refractivity contribution < 1.29 is 9.26 Å². The molecule has 0 spiro atoms. The summed E-state index contributed by atoms with van der Waals surface area (Å²) >= 11 is 6.00. The van der Waals surface area contributed by atoms with E-state index < -0.39 is 0 Å². The zero-order valence-corrected chi connectivity index (χ0v) is 18.6. The van der Waals surface area contributed by atoms with Crippen LogP contribution in [0.2, 0.25) is 5.02 Å². The van der Waals surface area contributed by atoms with Gasteiger partial charge >= 0.3 is 0 Å². The van der Waals surface area contributed by atoms with Crippen LogP contribution in [0.1, 0.15) is 36.4 Å². The van der Waals surface area contributed by atoms with Gasteiger partial charge in [0.1, 0.15) is 11.5 Å². The van der Waals surface area contributed by atoms with Gasteiger partial charge in [0.15, 0.2) is 5.96 Å². The maximum absolute atomic E-state index is 6.00. The minimum atomic E-state index is 0. The fourth-order valence-electron chi connectivity index (χ4n) is 2.57. The lowest BCUT2D eigenvalue weighted by atomic mass is 10.1. The van der Waals surface area contributed by atoms with Crippen LogP contribution in [0.3, 0.4) is 0 Å². The largest absolute Gasteiger partial charge is 0.496 e. The first kappa shape index (κ1) is 22.6. The van der Waals surface area contributed by atoms with Gasteiger partial charge in [-0.2, -0.15) is 0 Å². The average molecular weight is 493 g/mol. The topological polar surface area (TPSA) is 71.7 Å². The number of nitrogens with zero attached hydrogens (tertiary/aromatic N) is 2. The van der Waals surface area contributed by atoms with Crippen molar-refractivity contribution in [1.82, 2.24) is 15.8 Å². The number of hydrogen-bond acceptors (Lipinski definition) is 4. The smallest absolute Gasteiger partial charge is 0.191 e. The van der Waals surface area contributed by atoms with Crippen LogP contribution < -0.4 is 15.4 Å². The maximum Gasteiger partial charge on any atom is 0.191 e. The first-order valence-corrected chi connectivity index (χ1v) is 8.73. The Labute approximate surface area is 176 Å². The molecule has 0 saturated heterocycles. The summed E-state index contributed by atoms with van der Waals surface area (Å²) in [6, 6.07) is 5.58. The van der Waals surface area contributed by atoms with Gasteiger partial charge < -0.3 is 19.9 Å². The summed E-state index contributed by atoms with van der Waals surface area (Å²) in [7, 11) is 3.37. The van der Waals surface area contributed by atoms with E-state index in [4.69, 9.17) is 20.9 Å². The van der Waals surface area contributed by atoms with Crippen LogP contribution in [0.25, 0.3) is 0 Å². The number of aromatic nitrogens is 1. The molecule has 2 N–H and O–H groups in total. The van der Waals surface area contributed by atoms with Gasteiger partial charge in [0.2, 0.25) is 0 Å². The molecule has 6 nitrogen and oxygen atoms in total. The zero-order valence-electron chi connectivity index (χ0n) is 15.6. The number of aliphatic imine (C=N–C) groups is 1. The van der Waals surface area contributed by atoms with E-state index in [1.165, 1.54) is 0 Å². The van der Waals surface area contributed by atoms with Crippen LogP contribution in [-0.2, 0) is 25.9 Å². The summed E-state index contributed by atoms with van der Waals surface area (Å²) in [5.41, 5.74) is 3.10. The van der Waals surface area contributed by atoms with Gasteiger partial charge in [-0.05, 0) is 18.6 Å². The third kappa shape index (κ3) is 5.77. The van der Waals surface area contributed by atoms with Gasteiger partial charge in [0.25, 0.3) is 0 Å². The molecule has 0 unspecified atom stereocenters. The minimum absolute atomic E-state index is 0. The van der Waals surface area contributed by atoms with Crippen molar-refractivity contribution in [3.8, 4) is 5.75 Å². The summed E-state index contributed by atoms with van der Waals surface area (Å²) in [6.45, 7) is 5.32. The van der Waals surface area contributed by atoms with Crippen LogP contribution in [0.4, 0.5) is 0 Å². The summed E-state index contributed by atoms with van der Waals surface area (Å²) in [6.07, 6.45) is 1.66. The van der Waals surface area contributed by atoms with Crippen molar-refractivity contribution in [1.29, 1.82) is 0 Å². The van der Waals surface area contributed by atoms with Crippen molar-refractivity contribution in [3.05, 3.63) is 45.8 Å². The number of hydrogen-bond donors (Lipinski definition) is 2. The predicted molar refractivity (Wildman–Crippen MR) is 116 cm³/mol. The van der Waals surface area contributed by atoms with Gasteiger partial charge in [0, 0.05) is 42.7 Å². The van der Waals surface area contributed by atoms with Gasteiger partial charge in [-0.3, -0.25) is 4.99 Å². The third-order valence-corrected chi connectivity index (χ3v) is 4.19. The summed E-state index contributed by atoms with van der Waals surface area (Å²) in [5, 5.41) is 11.4. The molecule has 8 heteroatoms. The average Bonchev–Trinajstić information content (AvgIpc) is 3.04. The second-order valence-corrected chi connectivity index (χ2v) is 5.91. The molecule has 0 atom stereocenters. The monoisotopic (exact) mass is 492 g/mol. The molecule has 1 aromatic carbocycles. The highest BCUT2D eigenvalue weighted by atomic mass is 127. The Hall–Kier alpha value is -1.48. The van der Waals surface area contributed by atoms with Gasteiger partial charge in [0.05, 0.1) is 12.8 Å². The quantitative estimate of drug-likeness (QED) is 0.348. The molecule has 0 radical (unpaired) electrons. The Morgan fingerprint density at radius 1 is 1.23 bits per heavy atom. The fourth-order valence-corrected chi connectivity index (χ4v) is 2.74. The number of halogens is 2. The highest BCUT2D eigenvalue weighted by Crippen LogP contribution is 2.22. The van der Waals surface area contributed by atoms with Crippen molar-refractivity contribution in [2.45, 2.75) is 39.8 Å². The number of methoxy groups -OCH3 is 1. The number of benzene rings is 1. The summed E-state index contributed by atoms with van der Waals surface area (Å²) in [4.78, 5) is 4.26. The highest BCUT2D eigenvalue weighted by molar-refractivity contribution is 14.0. The first-order chi connectivity index (χ1) is 12.1. The second kappa shape index (κ2) is 11.3. The van der Waals surface area contributed by atoms with Crippen molar-refractivity contribution in [2.75, 3.05) is 14.2 Å². The van der Waals surface area contributed by atoms with Crippen LogP contribution >= 0.6 is 35.6 Å². The van der Waals surface area contributed by atoms with Crippen LogP contribution in [0, 0.1) is 0 Å². The van der Waals surface area contributed by atoms with E-state index in [0.717, 1.165) is 41.2 Å². The molecule has 0 bridgehead atoms. The Morgan fingerprint density at radius 3 is 2.58 bits per heavy atom. The molecule has 2 rings (SSSR count). The van der Waals surface area contributed by atoms with E-state index in [2.05, 4.69) is 34.6 Å². The van der Waals surface area contributed by atoms with E-state index in [-0.39, 0.29) is 24.0 Å². The molecule has 1 aromatic heterocycles. The minimum Gasteiger partial charge on any atom is -0.496 e. The standard InChI is InChI=1S/C18H25ClN4O2.HI/c1-5-15-14(16(6-2)25-23-15)11-22-18(20-3)21-10-12-7-8-13(19)9-17(12)24-4;/h7-9H,5-6,10-11H2,1-4H3,(H2,20,21,22);1H. The Balaban J connectivity index is 0.00000338. The molecule has 144 valence electrons. The molecule has 1 heterocycles. The summed E-state index contributed by atoms with van der Waals surface area (Å²) < 4.78 is 10.8. The van der Waals surface area contributed by atoms with Gasteiger partial charge in [-0.25, -0.2) is 0 Å². The molecular formula is C18H26ClIN4O2. The predicted octanol–water partition coefficient (Wildman–Crippen LogP) is 3.94. The molecule has 0 fully saturated rings. The number of ether oxygens (including phenoxy) is 1. The van der Waals surface area contributed by atoms with Crippen LogP contribution in [0.5, 0.6) is 5.75 Å². The van der Waals surface area contributed by atoms with E-state index in [0.29, 0.717) is 24.1 Å². The molecule has 0 aliphatic carbocycles. The number of guanidine groups is 1. The van der Waals surface area contributed by atoms with Crippen LogP contribution in [0.15, 0.2) is 27.7 Å². The molecule has 0 amide bonds. The SMILES string of the molecule is CCc1noc(CC)c1CNC(=NC)NCc1ccc(Cl)cc1OC.I. The Bertz CT molecular complexity index is 712. The van der Waals surface area contributed by atoms with Crippen molar-refractivity contribution >= 4 is 41.5 Å². The lowest BCUT2D eigenvalue weighted by Crippen LogP contribution is -2.36. The molecule has 26 heavy (non-hydrogen) atoms. The van der Waals surface area contributed by atoms with Gasteiger partial charge in [-0.15, -0.1) is 24.0 Å². The van der Waals surface area contributed by atoms with Crippen LogP contribution in [-0.4, -0.2) is 25.3 Å². The van der Waals surface area contributed by atoms with E-state index >= 15 is 0 Å². The number of aryl methyl sites for hydroxylation is 2. The Morgan fingerprint density at radius 2 is 1.96 bits per heavy atom. The molecule has 0 aliphatic rings. The summed E-state index contributed by atoms with van der Waals surface area (Å²) in [5.74, 6) is 2.36. The zero-order chi connectivity index (χ0) is 18.2.